The molecule has 4 rings (SSSR count). The van der Waals surface area contributed by atoms with E-state index in [1.807, 2.05) is 48.7 Å². The van der Waals surface area contributed by atoms with Crippen LogP contribution in [0.15, 0.2) is 61.1 Å². The summed E-state index contributed by atoms with van der Waals surface area (Å²) in [5.41, 5.74) is 3.05. The zero-order valence-corrected chi connectivity index (χ0v) is 11.8. The first-order chi connectivity index (χ1) is 10.8. The molecule has 3 aromatic rings. The van der Waals surface area contributed by atoms with E-state index in [-0.39, 0.29) is 11.8 Å². The van der Waals surface area contributed by atoms with Crippen LogP contribution in [-0.2, 0) is 4.79 Å². The van der Waals surface area contributed by atoms with Gasteiger partial charge in [-0.1, -0.05) is 18.2 Å². The number of rotatable bonds is 2. The van der Waals surface area contributed by atoms with Gasteiger partial charge in [0, 0.05) is 30.3 Å². The SMILES string of the molecule is O=C1CC(c2ccncc2)c2cnn(-c3ccccc3)c2N1. The number of amides is 1. The molecule has 0 bridgehead atoms. The molecular weight excluding hydrogens is 276 g/mol. The van der Waals surface area contributed by atoms with Crippen molar-refractivity contribution in [2.45, 2.75) is 12.3 Å². The quantitative estimate of drug-likeness (QED) is 0.789. The minimum Gasteiger partial charge on any atom is -0.310 e. The number of hydrogen-bond acceptors (Lipinski definition) is 3. The fourth-order valence-electron chi connectivity index (χ4n) is 2.88. The number of pyridine rings is 1. The van der Waals surface area contributed by atoms with Crippen molar-refractivity contribution < 1.29 is 4.79 Å². The number of nitrogens with one attached hydrogen (secondary N) is 1. The summed E-state index contributed by atoms with van der Waals surface area (Å²) < 4.78 is 1.78. The highest BCUT2D eigenvalue weighted by Crippen LogP contribution is 2.37. The van der Waals surface area contributed by atoms with E-state index in [9.17, 15) is 4.79 Å². The first-order valence-electron chi connectivity index (χ1n) is 7.16. The average Bonchev–Trinajstić information content (AvgIpc) is 2.99. The van der Waals surface area contributed by atoms with Gasteiger partial charge >= 0.3 is 0 Å². The van der Waals surface area contributed by atoms with Gasteiger partial charge in [0.15, 0.2) is 0 Å². The summed E-state index contributed by atoms with van der Waals surface area (Å²) in [6, 6.07) is 13.7. The van der Waals surface area contributed by atoms with Crippen LogP contribution in [0.4, 0.5) is 5.82 Å². The third kappa shape index (κ3) is 2.07. The third-order valence-corrected chi connectivity index (χ3v) is 3.93. The molecule has 0 saturated heterocycles. The molecule has 2 aromatic heterocycles. The summed E-state index contributed by atoms with van der Waals surface area (Å²) >= 11 is 0. The Bertz CT molecular complexity index is 811. The van der Waals surface area contributed by atoms with E-state index in [2.05, 4.69) is 15.4 Å². The van der Waals surface area contributed by atoms with Crippen molar-refractivity contribution in [3.63, 3.8) is 0 Å². The first-order valence-corrected chi connectivity index (χ1v) is 7.16. The number of hydrogen-bond donors (Lipinski definition) is 1. The zero-order valence-electron chi connectivity index (χ0n) is 11.8. The molecule has 108 valence electrons. The van der Waals surface area contributed by atoms with Crippen LogP contribution in [0, 0.1) is 0 Å². The molecule has 1 aromatic carbocycles. The smallest absolute Gasteiger partial charge is 0.226 e. The van der Waals surface area contributed by atoms with Crippen LogP contribution in [0.3, 0.4) is 0 Å². The molecule has 1 amide bonds. The Kier molecular flexibility index (Phi) is 2.96. The second kappa shape index (κ2) is 5.11. The predicted octanol–water partition coefficient (Wildman–Crippen LogP) is 2.74. The standard InChI is InChI=1S/C17H14N4O/c22-16-10-14(12-6-8-18-9-7-12)15-11-19-21(17(15)20-16)13-4-2-1-3-5-13/h1-9,11,14H,10H2,(H,20,22). The van der Waals surface area contributed by atoms with Crippen LogP contribution in [0.2, 0.25) is 0 Å². The zero-order chi connectivity index (χ0) is 14.9. The number of carbonyl (C=O) groups excluding carboxylic acids is 1. The summed E-state index contributed by atoms with van der Waals surface area (Å²) in [4.78, 5) is 16.2. The van der Waals surface area contributed by atoms with Crippen LogP contribution in [0.25, 0.3) is 5.69 Å². The summed E-state index contributed by atoms with van der Waals surface area (Å²) in [5, 5.41) is 7.42. The van der Waals surface area contributed by atoms with Crippen LogP contribution < -0.4 is 5.32 Å². The Balaban J connectivity index is 1.83. The lowest BCUT2D eigenvalue weighted by Gasteiger charge is -2.23. The second-order valence-corrected chi connectivity index (χ2v) is 5.28. The van der Waals surface area contributed by atoms with Crippen LogP contribution in [0.5, 0.6) is 0 Å². The number of para-hydroxylation sites is 1. The van der Waals surface area contributed by atoms with E-state index in [1.54, 1.807) is 17.1 Å². The molecule has 22 heavy (non-hydrogen) atoms. The van der Waals surface area contributed by atoms with Crippen molar-refractivity contribution in [3.8, 4) is 5.69 Å². The van der Waals surface area contributed by atoms with Gasteiger partial charge in [0.05, 0.1) is 11.9 Å². The highest BCUT2D eigenvalue weighted by molar-refractivity contribution is 5.94. The number of carbonyl (C=O) groups is 1. The molecule has 0 fully saturated rings. The fraction of sp³-hybridized carbons (Fsp3) is 0.118. The maximum Gasteiger partial charge on any atom is 0.226 e. The Morgan fingerprint density at radius 3 is 2.64 bits per heavy atom. The van der Waals surface area contributed by atoms with Crippen molar-refractivity contribution in [2.75, 3.05) is 5.32 Å². The number of aromatic nitrogens is 3. The fourth-order valence-corrected chi connectivity index (χ4v) is 2.88. The Labute approximate surface area is 127 Å². The summed E-state index contributed by atoms with van der Waals surface area (Å²) in [7, 11) is 0. The molecule has 1 atom stereocenters. The summed E-state index contributed by atoms with van der Waals surface area (Å²) in [6.07, 6.45) is 5.77. The monoisotopic (exact) mass is 290 g/mol. The number of nitrogens with zero attached hydrogens (tertiary/aromatic N) is 3. The summed E-state index contributed by atoms with van der Waals surface area (Å²) in [5.74, 6) is 0.778. The molecule has 1 aliphatic rings. The maximum atomic E-state index is 12.1. The minimum atomic E-state index is 0.00648. The second-order valence-electron chi connectivity index (χ2n) is 5.28. The van der Waals surface area contributed by atoms with Crippen LogP contribution in [-0.4, -0.2) is 20.7 Å². The van der Waals surface area contributed by atoms with Gasteiger partial charge in [0.25, 0.3) is 0 Å². The van der Waals surface area contributed by atoms with Gasteiger partial charge in [0.1, 0.15) is 5.82 Å². The lowest BCUT2D eigenvalue weighted by Crippen LogP contribution is -2.24. The van der Waals surface area contributed by atoms with Gasteiger partial charge < -0.3 is 5.32 Å². The Hall–Kier alpha value is -2.95. The molecule has 5 heteroatoms. The molecular formula is C17H14N4O. The van der Waals surface area contributed by atoms with E-state index >= 15 is 0 Å². The lowest BCUT2D eigenvalue weighted by atomic mass is 9.88. The largest absolute Gasteiger partial charge is 0.310 e. The van der Waals surface area contributed by atoms with E-state index in [0.717, 1.165) is 22.6 Å². The molecule has 0 spiro atoms. The highest BCUT2D eigenvalue weighted by Gasteiger charge is 2.30. The minimum absolute atomic E-state index is 0.00648. The van der Waals surface area contributed by atoms with Gasteiger partial charge in [0.2, 0.25) is 5.91 Å². The normalized spacial score (nSPS) is 16.9. The van der Waals surface area contributed by atoms with Gasteiger partial charge in [-0.15, -0.1) is 0 Å². The molecule has 0 saturated carbocycles. The molecule has 1 N–H and O–H groups in total. The molecule has 0 aliphatic carbocycles. The van der Waals surface area contributed by atoms with E-state index in [4.69, 9.17) is 0 Å². The third-order valence-electron chi connectivity index (χ3n) is 3.93. The van der Waals surface area contributed by atoms with Crippen molar-refractivity contribution in [1.29, 1.82) is 0 Å². The van der Waals surface area contributed by atoms with Crippen LogP contribution >= 0.6 is 0 Å². The van der Waals surface area contributed by atoms with E-state index in [0.29, 0.717) is 6.42 Å². The maximum absolute atomic E-state index is 12.1. The molecule has 5 nitrogen and oxygen atoms in total. The Morgan fingerprint density at radius 2 is 1.86 bits per heavy atom. The molecule has 3 heterocycles. The van der Waals surface area contributed by atoms with E-state index in [1.165, 1.54) is 0 Å². The van der Waals surface area contributed by atoms with E-state index < -0.39 is 0 Å². The topological polar surface area (TPSA) is 59.8 Å². The van der Waals surface area contributed by atoms with Crippen molar-refractivity contribution in [2.24, 2.45) is 0 Å². The van der Waals surface area contributed by atoms with Crippen molar-refractivity contribution >= 4 is 11.7 Å². The van der Waals surface area contributed by atoms with Gasteiger partial charge in [-0.25, -0.2) is 4.68 Å². The highest BCUT2D eigenvalue weighted by atomic mass is 16.1. The average molecular weight is 290 g/mol. The van der Waals surface area contributed by atoms with Gasteiger partial charge in [-0.2, -0.15) is 5.10 Å². The van der Waals surface area contributed by atoms with Crippen molar-refractivity contribution in [1.82, 2.24) is 14.8 Å². The predicted molar refractivity (Wildman–Crippen MR) is 82.9 cm³/mol. The van der Waals surface area contributed by atoms with Crippen molar-refractivity contribution in [3.05, 3.63) is 72.2 Å². The van der Waals surface area contributed by atoms with Gasteiger partial charge in [-0.05, 0) is 29.8 Å². The lowest BCUT2D eigenvalue weighted by molar-refractivity contribution is -0.116. The number of fused-ring (bicyclic) bond motifs is 1. The molecule has 1 aliphatic heterocycles. The Morgan fingerprint density at radius 1 is 1.09 bits per heavy atom. The summed E-state index contributed by atoms with van der Waals surface area (Å²) in [6.45, 7) is 0. The van der Waals surface area contributed by atoms with Crippen LogP contribution in [0.1, 0.15) is 23.5 Å². The first kappa shape index (κ1) is 12.8. The van der Waals surface area contributed by atoms with Gasteiger partial charge in [-0.3, -0.25) is 9.78 Å². The molecule has 0 radical (unpaired) electrons. The molecule has 1 unspecified atom stereocenters. The number of benzene rings is 1. The number of anilines is 1.